The summed E-state index contributed by atoms with van der Waals surface area (Å²) in [7, 11) is 0. The first-order valence-electron chi connectivity index (χ1n) is 8.55. The van der Waals surface area contributed by atoms with E-state index in [1.54, 1.807) is 49.2 Å². The van der Waals surface area contributed by atoms with Gasteiger partial charge in [-0.25, -0.2) is 0 Å². The molecular formula is C19H17N9. The lowest BCUT2D eigenvalue weighted by atomic mass is 10.1. The molecule has 0 saturated carbocycles. The lowest BCUT2D eigenvalue weighted by molar-refractivity contribution is 0.697. The van der Waals surface area contributed by atoms with Crippen molar-refractivity contribution in [1.82, 2.24) is 20.2 Å². The Morgan fingerprint density at radius 1 is 1.00 bits per heavy atom. The maximum Gasteiger partial charge on any atom is 0.287 e. The molecule has 3 rings (SSSR count). The smallest absolute Gasteiger partial charge is 0.287 e. The first-order chi connectivity index (χ1) is 13.6. The number of nitrogens with one attached hydrogen (secondary N) is 1. The zero-order valence-corrected chi connectivity index (χ0v) is 15.4. The van der Waals surface area contributed by atoms with E-state index in [-0.39, 0.29) is 5.95 Å². The number of pyridine rings is 1. The Labute approximate surface area is 162 Å². The van der Waals surface area contributed by atoms with Crippen molar-refractivity contribution in [2.75, 3.05) is 4.90 Å². The Kier molecular flexibility index (Phi) is 5.68. The minimum Gasteiger partial charge on any atom is -0.340 e. The molecule has 0 aliphatic heterocycles. The molecule has 1 aromatic carbocycles. The third-order valence-electron chi connectivity index (χ3n) is 3.99. The van der Waals surface area contributed by atoms with Gasteiger partial charge in [0.25, 0.3) is 5.95 Å². The van der Waals surface area contributed by atoms with Gasteiger partial charge in [0.2, 0.25) is 0 Å². The van der Waals surface area contributed by atoms with Gasteiger partial charge < -0.3 is 4.90 Å². The van der Waals surface area contributed by atoms with Gasteiger partial charge in [0.15, 0.2) is 5.82 Å². The fourth-order valence-electron chi connectivity index (χ4n) is 2.62. The summed E-state index contributed by atoms with van der Waals surface area (Å²) in [6, 6.07) is 16.1. The van der Waals surface area contributed by atoms with E-state index in [4.69, 9.17) is 0 Å². The van der Waals surface area contributed by atoms with Crippen LogP contribution in [-0.4, -0.2) is 32.2 Å². The number of anilines is 1. The normalized spacial score (nSPS) is 12.9. The minimum atomic E-state index is -0.430. The number of nitrogens with zero attached hydrogens (tertiary/aromatic N) is 8. The highest BCUT2D eigenvalue weighted by molar-refractivity contribution is 5.56. The second-order valence-electron chi connectivity index (χ2n) is 5.93. The Bertz CT molecular complexity index is 1010. The van der Waals surface area contributed by atoms with Crippen LogP contribution in [-0.2, 0) is 0 Å². The average Bonchev–Trinajstić information content (AvgIpc) is 3.22. The van der Waals surface area contributed by atoms with Crippen LogP contribution in [0.25, 0.3) is 11.5 Å². The lowest BCUT2D eigenvalue weighted by Crippen LogP contribution is -2.38. The second-order valence-corrected chi connectivity index (χ2v) is 5.93. The third kappa shape index (κ3) is 4.17. The minimum absolute atomic E-state index is 0.197. The molecule has 0 aliphatic carbocycles. The van der Waals surface area contributed by atoms with Gasteiger partial charge in [-0.2, -0.15) is 15.5 Å². The summed E-state index contributed by atoms with van der Waals surface area (Å²) in [5.41, 5.74) is 2.03. The highest BCUT2D eigenvalue weighted by atomic mass is 15.3. The molecule has 2 heterocycles. The average molecular weight is 371 g/mol. The largest absolute Gasteiger partial charge is 0.340 e. The van der Waals surface area contributed by atoms with Crippen LogP contribution in [0.1, 0.15) is 13.8 Å². The molecule has 0 fully saturated rings. The monoisotopic (exact) mass is 371 g/mol. The van der Waals surface area contributed by atoms with E-state index in [2.05, 4.69) is 42.5 Å². The third-order valence-corrected chi connectivity index (χ3v) is 3.99. The summed E-state index contributed by atoms with van der Waals surface area (Å²) in [5, 5.41) is 33.3. The molecule has 0 spiro atoms. The molecule has 0 saturated heterocycles. The van der Waals surface area contributed by atoms with Crippen LogP contribution in [0.15, 0.2) is 58.9 Å². The van der Waals surface area contributed by atoms with Gasteiger partial charge >= 0.3 is 0 Å². The molecule has 3 aromatic rings. The van der Waals surface area contributed by atoms with Gasteiger partial charge in [-0.15, -0.1) is 15.3 Å². The molecule has 0 bridgehead atoms. The second kappa shape index (κ2) is 8.52. The number of hydrogen-bond acceptors (Lipinski definition) is 8. The van der Waals surface area contributed by atoms with Crippen LogP contribution in [0.3, 0.4) is 0 Å². The zero-order chi connectivity index (χ0) is 19.9. The first kappa shape index (κ1) is 18.7. The highest BCUT2D eigenvalue weighted by Crippen LogP contribution is 2.24. The van der Waals surface area contributed by atoms with Gasteiger partial charge in [-0.3, -0.25) is 10.1 Å². The first-order valence-corrected chi connectivity index (χ1v) is 8.55. The van der Waals surface area contributed by atoms with Crippen molar-refractivity contribution < 1.29 is 0 Å². The molecule has 9 nitrogen and oxygen atoms in total. The zero-order valence-electron chi connectivity index (χ0n) is 15.4. The lowest BCUT2D eigenvalue weighted by Gasteiger charge is -2.29. The van der Waals surface area contributed by atoms with Crippen LogP contribution in [0.5, 0.6) is 0 Å². The predicted octanol–water partition coefficient (Wildman–Crippen LogP) is 3.91. The summed E-state index contributed by atoms with van der Waals surface area (Å²) < 4.78 is 0. The summed E-state index contributed by atoms with van der Waals surface area (Å²) in [5.74, 6) is 0.707. The number of aromatic amines is 1. The molecule has 0 aliphatic rings. The van der Waals surface area contributed by atoms with Gasteiger partial charge in [-0.1, -0.05) is 6.07 Å². The van der Waals surface area contributed by atoms with Crippen molar-refractivity contribution in [3.8, 4) is 23.7 Å². The quantitative estimate of drug-likeness (QED) is 0.654. The van der Waals surface area contributed by atoms with Crippen LogP contribution in [0.4, 0.5) is 17.3 Å². The van der Waals surface area contributed by atoms with E-state index in [1.165, 1.54) is 0 Å². The molecule has 138 valence electrons. The van der Waals surface area contributed by atoms with Gasteiger partial charge in [-0.05, 0) is 50.2 Å². The van der Waals surface area contributed by atoms with Crippen molar-refractivity contribution in [3.05, 3.63) is 48.7 Å². The molecular weight excluding hydrogens is 354 g/mol. The van der Waals surface area contributed by atoms with Gasteiger partial charge in [0.05, 0.1) is 17.8 Å². The van der Waals surface area contributed by atoms with E-state index in [9.17, 15) is 10.5 Å². The fourth-order valence-corrected chi connectivity index (χ4v) is 2.62. The summed E-state index contributed by atoms with van der Waals surface area (Å²) in [4.78, 5) is 10.2. The Balaban J connectivity index is 1.75. The molecule has 1 N–H and O–H groups in total. The summed E-state index contributed by atoms with van der Waals surface area (Å²) in [6.45, 7) is 3.51. The molecule has 2 unspecified atom stereocenters. The van der Waals surface area contributed by atoms with Crippen LogP contribution < -0.4 is 4.90 Å². The van der Waals surface area contributed by atoms with E-state index in [1.807, 2.05) is 18.2 Å². The van der Waals surface area contributed by atoms with E-state index in [0.717, 1.165) is 5.69 Å². The SMILES string of the molecule is CC(C#N)N(c1ccc(N=Nc2n[nH]c(-c3ccccn3)n2)cc1)C(C)C#N. The van der Waals surface area contributed by atoms with Crippen molar-refractivity contribution in [3.63, 3.8) is 0 Å². The fraction of sp³-hybridized carbons (Fsp3) is 0.211. The topological polar surface area (TPSA) is 130 Å². The Morgan fingerprint density at radius 2 is 1.71 bits per heavy atom. The van der Waals surface area contributed by atoms with Crippen LogP contribution in [0.2, 0.25) is 0 Å². The number of azo groups is 1. The molecule has 0 radical (unpaired) electrons. The molecule has 28 heavy (non-hydrogen) atoms. The molecule has 2 aromatic heterocycles. The van der Waals surface area contributed by atoms with Gasteiger partial charge in [0.1, 0.15) is 17.8 Å². The number of rotatable bonds is 6. The Hall–Kier alpha value is -4.11. The number of nitriles is 2. The van der Waals surface area contributed by atoms with Crippen LogP contribution >= 0.6 is 0 Å². The Morgan fingerprint density at radius 3 is 2.32 bits per heavy atom. The van der Waals surface area contributed by atoms with Crippen molar-refractivity contribution in [1.29, 1.82) is 10.5 Å². The number of hydrogen-bond donors (Lipinski definition) is 1. The van der Waals surface area contributed by atoms with E-state index in [0.29, 0.717) is 17.2 Å². The molecule has 9 heteroatoms. The van der Waals surface area contributed by atoms with Gasteiger partial charge in [0, 0.05) is 11.9 Å². The maximum absolute atomic E-state index is 9.20. The summed E-state index contributed by atoms with van der Waals surface area (Å²) in [6.07, 6.45) is 1.67. The maximum atomic E-state index is 9.20. The van der Waals surface area contributed by atoms with Crippen molar-refractivity contribution >= 4 is 17.3 Å². The highest BCUT2D eigenvalue weighted by Gasteiger charge is 2.20. The van der Waals surface area contributed by atoms with E-state index >= 15 is 0 Å². The number of H-pyrrole nitrogens is 1. The standard InChI is InChI=1S/C19H17N9/c1-13(11-20)28(14(2)12-21)16-8-6-15(7-9-16)24-26-19-23-18(25-27-19)17-5-3-4-10-22-17/h3-10,13-14H,1-2H3,(H,23,25,27). The van der Waals surface area contributed by atoms with Crippen LogP contribution in [0, 0.1) is 22.7 Å². The predicted molar refractivity (Wildman–Crippen MR) is 103 cm³/mol. The summed E-state index contributed by atoms with van der Waals surface area (Å²) >= 11 is 0. The molecule has 2 atom stereocenters. The van der Waals surface area contributed by atoms with E-state index < -0.39 is 12.1 Å². The van der Waals surface area contributed by atoms with Crippen molar-refractivity contribution in [2.45, 2.75) is 25.9 Å². The number of aromatic nitrogens is 4. The number of benzene rings is 1. The van der Waals surface area contributed by atoms with Crippen molar-refractivity contribution in [2.24, 2.45) is 10.2 Å². The molecule has 0 amide bonds.